The first-order valence-electron chi connectivity index (χ1n) is 8.31. The highest BCUT2D eigenvalue weighted by molar-refractivity contribution is 5.76. The number of anilines is 1. The molecule has 0 saturated carbocycles. The first-order valence-corrected chi connectivity index (χ1v) is 8.31. The van der Waals surface area contributed by atoms with Gasteiger partial charge in [-0.2, -0.15) is 0 Å². The van der Waals surface area contributed by atoms with Gasteiger partial charge in [0.2, 0.25) is 0 Å². The van der Waals surface area contributed by atoms with Gasteiger partial charge >= 0.3 is 0 Å². The molecule has 0 unspecified atom stereocenters. The van der Waals surface area contributed by atoms with Crippen molar-refractivity contribution >= 4 is 17.0 Å². The Hall–Kier alpha value is -2.69. The average molecular weight is 327 g/mol. The van der Waals surface area contributed by atoms with Gasteiger partial charge in [0.05, 0.1) is 11.0 Å². The van der Waals surface area contributed by atoms with Crippen molar-refractivity contribution in [1.82, 2.24) is 9.97 Å². The maximum absolute atomic E-state index is 9.49. The highest BCUT2D eigenvalue weighted by Gasteiger charge is 2.01. The van der Waals surface area contributed by atoms with E-state index in [0.717, 1.165) is 29.4 Å². The smallest absolute Gasteiger partial charge is 0.198 e. The van der Waals surface area contributed by atoms with Crippen LogP contribution in [0.3, 0.4) is 0 Å². The SMILES string of the molecule is CCCCCCc1ccc(O)cc1O.Nc1nc2ccccc2[nH]1. The van der Waals surface area contributed by atoms with Crippen LogP contribution in [0.5, 0.6) is 11.5 Å². The number of rotatable bonds is 5. The van der Waals surface area contributed by atoms with Crippen LogP contribution in [0.1, 0.15) is 38.2 Å². The van der Waals surface area contributed by atoms with Crippen LogP contribution in [0.2, 0.25) is 0 Å². The molecule has 0 spiro atoms. The van der Waals surface area contributed by atoms with Gasteiger partial charge < -0.3 is 20.9 Å². The summed E-state index contributed by atoms with van der Waals surface area (Å²) in [5.74, 6) is 0.808. The third kappa shape index (κ3) is 5.19. The molecule has 0 aliphatic heterocycles. The lowest BCUT2D eigenvalue weighted by atomic mass is 10.1. The van der Waals surface area contributed by atoms with Crippen LogP contribution in [0.25, 0.3) is 11.0 Å². The number of nitrogen functional groups attached to an aromatic ring is 1. The highest BCUT2D eigenvalue weighted by atomic mass is 16.3. The molecule has 0 radical (unpaired) electrons. The van der Waals surface area contributed by atoms with E-state index < -0.39 is 0 Å². The Kier molecular flexibility index (Phi) is 6.49. The van der Waals surface area contributed by atoms with Crippen molar-refractivity contribution in [3.63, 3.8) is 0 Å². The average Bonchev–Trinajstić information content (AvgIpc) is 2.94. The number of H-pyrrole nitrogens is 1. The van der Waals surface area contributed by atoms with Crippen LogP contribution in [0, 0.1) is 0 Å². The van der Waals surface area contributed by atoms with Crippen LogP contribution in [0.4, 0.5) is 5.95 Å². The number of nitrogens with one attached hydrogen (secondary N) is 1. The zero-order valence-corrected chi connectivity index (χ0v) is 14.0. The van der Waals surface area contributed by atoms with E-state index in [4.69, 9.17) is 10.8 Å². The first-order chi connectivity index (χ1) is 11.6. The number of benzene rings is 2. The number of aromatic nitrogens is 2. The number of nitrogens with two attached hydrogens (primary N) is 1. The van der Waals surface area contributed by atoms with Crippen molar-refractivity contribution in [1.29, 1.82) is 0 Å². The second-order valence-electron chi connectivity index (χ2n) is 5.76. The van der Waals surface area contributed by atoms with E-state index in [1.165, 1.54) is 25.3 Å². The number of nitrogens with zero attached hydrogens (tertiary/aromatic N) is 1. The fraction of sp³-hybridized carbons (Fsp3) is 0.316. The number of hydrogen-bond donors (Lipinski definition) is 4. The Morgan fingerprint density at radius 3 is 2.54 bits per heavy atom. The number of aromatic amines is 1. The lowest BCUT2D eigenvalue weighted by molar-refractivity contribution is 0.445. The molecule has 5 heteroatoms. The van der Waals surface area contributed by atoms with Crippen LogP contribution >= 0.6 is 0 Å². The third-order valence-corrected chi connectivity index (χ3v) is 3.78. The van der Waals surface area contributed by atoms with Crippen LogP contribution in [0.15, 0.2) is 42.5 Å². The Morgan fingerprint density at radius 2 is 1.83 bits per heavy atom. The van der Waals surface area contributed by atoms with Crippen molar-refractivity contribution < 1.29 is 10.2 Å². The fourth-order valence-electron chi connectivity index (χ4n) is 2.48. The molecule has 128 valence electrons. The van der Waals surface area contributed by atoms with Gasteiger partial charge in [-0.25, -0.2) is 4.98 Å². The number of imidazole rings is 1. The quantitative estimate of drug-likeness (QED) is 0.523. The lowest BCUT2D eigenvalue weighted by Crippen LogP contribution is -1.86. The molecule has 1 heterocycles. The van der Waals surface area contributed by atoms with Crippen molar-refractivity contribution in [3.8, 4) is 11.5 Å². The van der Waals surface area contributed by atoms with Gasteiger partial charge in [-0.05, 0) is 36.6 Å². The van der Waals surface area contributed by atoms with Gasteiger partial charge in [0, 0.05) is 6.07 Å². The molecule has 5 N–H and O–H groups in total. The highest BCUT2D eigenvalue weighted by Crippen LogP contribution is 2.24. The van der Waals surface area contributed by atoms with Gasteiger partial charge in [-0.3, -0.25) is 0 Å². The summed E-state index contributed by atoms with van der Waals surface area (Å²) in [7, 11) is 0. The van der Waals surface area contributed by atoms with Crippen LogP contribution in [-0.4, -0.2) is 20.2 Å². The zero-order chi connectivity index (χ0) is 17.4. The maximum Gasteiger partial charge on any atom is 0.198 e. The number of phenolic OH excluding ortho intramolecular Hbond substituents is 2. The summed E-state index contributed by atoms with van der Waals surface area (Å²) in [5.41, 5.74) is 8.26. The van der Waals surface area contributed by atoms with E-state index in [2.05, 4.69) is 16.9 Å². The molecule has 2 aromatic carbocycles. The molecule has 0 atom stereocenters. The molecular formula is C19H25N3O2. The molecule has 5 nitrogen and oxygen atoms in total. The summed E-state index contributed by atoms with van der Waals surface area (Å²) < 4.78 is 0. The second kappa shape index (κ2) is 8.82. The van der Waals surface area contributed by atoms with Gasteiger partial charge in [0.25, 0.3) is 0 Å². The van der Waals surface area contributed by atoms with E-state index >= 15 is 0 Å². The summed E-state index contributed by atoms with van der Waals surface area (Å²) in [6.07, 6.45) is 5.68. The van der Waals surface area contributed by atoms with Gasteiger partial charge in [0.1, 0.15) is 11.5 Å². The monoisotopic (exact) mass is 327 g/mol. The summed E-state index contributed by atoms with van der Waals surface area (Å²) in [6, 6.07) is 12.5. The summed E-state index contributed by atoms with van der Waals surface area (Å²) in [6.45, 7) is 2.18. The normalized spacial score (nSPS) is 10.4. The largest absolute Gasteiger partial charge is 0.508 e. The van der Waals surface area contributed by atoms with E-state index in [1.807, 2.05) is 24.3 Å². The van der Waals surface area contributed by atoms with Gasteiger partial charge in [-0.1, -0.05) is 44.4 Å². The second-order valence-corrected chi connectivity index (χ2v) is 5.76. The molecule has 0 aliphatic carbocycles. The minimum atomic E-state index is 0.125. The fourth-order valence-corrected chi connectivity index (χ4v) is 2.48. The molecule has 0 aliphatic rings. The number of fused-ring (bicyclic) bond motifs is 1. The molecule has 0 amide bonds. The Morgan fingerprint density at radius 1 is 1.04 bits per heavy atom. The summed E-state index contributed by atoms with van der Waals surface area (Å²) in [5, 5.41) is 18.6. The zero-order valence-electron chi connectivity index (χ0n) is 14.0. The lowest BCUT2D eigenvalue weighted by Gasteiger charge is -2.04. The van der Waals surface area contributed by atoms with Crippen molar-refractivity contribution in [2.24, 2.45) is 0 Å². The predicted octanol–water partition coefficient (Wildman–Crippen LogP) is 4.37. The molecule has 3 rings (SSSR count). The van der Waals surface area contributed by atoms with Crippen LogP contribution < -0.4 is 5.73 Å². The number of aromatic hydroxyl groups is 2. The minimum absolute atomic E-state index is 0.125. The Labute approximate surface area is 142 Å². The molecule has 3 aromatic rings. The first kappa shape index (κ1) is 17.7. The van der Waals surface area contributed by atoms with Crippen molar-refractivity contribution in [3.05, 3.63) is 48.0 Å². The molecule has 0 bridgehead atoms. The molecule has 1 aromatic heterocycles. The van der Waals surface area contributed by atoms with E-state index in [9.17, 15) is 5.11 Å². The van der Waals surface area contributed by atoms with Crippen molar-refractivity contribution in [2.75, 3.05) is 5.73 Å². The number of aryl methyl sites for hydroxylation is 1. The topological polar surface area (TPSA) is 95.2 Å². The number of para-hydroxylation sites is 2. The third-order valence-electron chi connectivity index (χ3n) is 3.78. The number of phenols is 2. The Balaban J connectivity index is 0.000000182. The van der Waals surface area contributed by atoms with Gasteiger partial charge in [-0.15, -0.1) is 0 Å². The molecule has 24 heavy (non-hydrogen) atoms. The maximum atomic E-state index is 9.49. The van der Waals surface area contributed by atoms with Crippen LogP contribution in [-0.2, 0) is 6.42 Å². The summed E-state index contributed by atoms with van der Waals surface area (Å²) in [4.78, 5) is 6.96. The van der Waals surface area contributed by atoms with E-state index in [-0.39, 0.29) is 11.5 Å². The van der Waals surface area contributed by atoms with E-state index in [0.29, 0.717) is 5.95 Å². The van der Waals surface area contributed by atoms with Gasteiger partial charge in [0.15, 0.2) is 5.95 Å². The minimum Gasteiger partial charge on any atom is -0.508 e. The Bertz CT molecular complexity index is 735. The predicted molar refractivity (Wildman–Crippen MR) is 98.1 cm³/mol. The number of hydrogen-bond acceptors (Lipinski definition) is 4. The van der Waals surface area contributed by atoms with Crippen molar-refractivity contribution in [2.45, 2.75) is 39.0 Å². The summed E-state index contributed by atoms with van der Waals surface area (Å²) >= 11 is 0. The number of unbranched alkanes of at least 4 members (excludes halogenated alkanes) is 3. The molecule has 0 saturated heterocycles. The molecular weight excluding hydrogens is 302 g/mol. The molecule has 0 fully saturated rings. The van der Waals surface area contributed by atoms with E-state index in [1.54, 1.807) is 12.1 Å². The standard InChI is InChI=1S/C12H18O2.C7H7N3/c1-2-3-4-5-6-10-7-8-11(13)9-12(10)14;8-7-9-5-3-1-2-4-6(5)10-7/h7-9,13-14H,2-6H2,1H3;1-4H,(H3,8,9,10).